The Balaban J connectivity index is 1.45. The normalized spacial score (nSPS) is 14.5. The zero-order valence-corrected chi connectivity index (χ0v) is 15.3. The van der Waals surface area contributed by atoms with E-state index in [-0.39, 0.29) is 5.41 Å². The first kappa shape index (κ1) is 18.3. The number of nitrogens with zero attached hydrogens (tertiary/aromatic N) is 2. The maximum Gasteiger partial charge on any atom is 0.159 e. The van der Waals surface area contributed by atoms with E-state index in [1.54, 1.807) is 18.2 Å². The van der Waals surface area contributed by atoms with Crippen LogP contribution in [0.3, 0.4) is 0 Å². The van der Waals surface area contributed by atoms with Gasteiger partial charge in [-0.05, 0) is 60.4 Å². The van der Waals surface area contributed by atoms with Gasteiger partial charge in [-0.2, -0.15) is 5.26 Å². The molecule has 0 aliphatic heterocycles. The number of hydrogen-bond acceptors (Lipinski definition) is 3. The Kier molecular flexibility index (Phi) is 4.89. The molecule has 1 aromatic heterocycles. The van der Waals surface area contributed by atoms with E-state index in [0.717, 1.165) is 42.3 Å². The van der Waals surface area contributed by atoms with Gasteiger partial charge in [-0.3, -0.25) is 4.98 Å². The van der Waals surface area contributed by atoms with Gasteiger partial charge in [0, 0.05) is 30.3 Å². The number of nitriles is 1. The number of nitrogens with one attached hydrogen (secondary N) is 1. The molecule has 1 saturated carbocycles. The van der Waals surface area contributed by atoms with Crippen molar-refractivity contribution in [3.05, 3.63) is 89.1 Å². The minimum Gasteiger partial charge on any atom is -0.312 e. The Morgan fingerprint density at radius 1 is 1.00 bits per heavy atom. The largest absolute Gasteiger partial charge is 0.312 e. The van der Waals surface area contributed by atoms with E-state index in [9.17, 15) is 8.78 Å². The van der Waals surface area contributed by atoms with Crippen LogP contribution < -0.4 is 5.32 Å². The summed E-state index contributed by atoms with van der Waals surface area (Å²) in [6.45, 7) is 1.26. The van der Waals surface area contributed by atoms with Crippen LogP contribution in [0.1, 0.15) is 29.5 Å². The van der Waals surface area contributed by atoms with Crippen LogP contribution in [-0.2, 0) is 12.0 Å². The molecular formula is C23H19F2N3. The van der Waals surface area contributed by atoms with Gasteiger partial charge >= 0.3 is 0 Å². The molecule has 0 radical (unpaired) electrons. The highest BCUT2D eigenvalue weighted by Gasteiger charge is 2.43. The van der Waals surface area contributed by atoms with Crippen LogP contribution in [0, 0.1) is 23.0 Å². The Morgan fingerprint density at radius 3 is 2.46 bits per heavy atom. The van der Waals surface area contributed by atoms with E-state index in [0.29, 0.717) is 12.1 Å². The molecule has 28 heavy (non-hydrogen) atoms. The Hall–Kier alpha value is -3.10. The Labute approximate surface area is 162 Å². The maximum absolute atomic E-state index is 13.3. The maximum atomic E-state index is 13.3. The first-order valence-corrected chi connectivity index (χ1v) is 9.21. The van der Waals surface area contributed by atoms with Gasteiger partial charge in [0.2, 0.25) is 0 Å². The van der Waals surface area contributed by atoms with Gasteiger partial charge in [-0.15, -0.1) is 0 Å². The summed E-state index contributed by atoms with van der Waals surface area (Å²) in [5, 5.41) is 12.3. The number of benzene rings is 2. The second kappa shape index (κ2) is 7.49. The third kappa shape index (κ3) is 3.78. The lowest BCUT2D eigenvalue weighted by atomic mass is 9.95. The highest BCUT2D eigenvalue weighted by atomic mass is 19.2. The number of aromatic nitrogens is 1. The predicted molar refractivity (Wildman–Crippen MR) is 103 cm³/mol. The van der Waals surface area contributed by atoms with E-state index in [2.05, 4.69) is 22.4 Å². The molecule has 1 N–H and O–H groups in total. The summed E-state index contributed by atoms with van der Waals surface area (Å²) < 4.78 is 26.4. The number of hydrogen-bond donors (Lipinski definition) is 1. The fraction of sp³-hybridized carbons (Fsp3) is 0.217. The lowest BCUT2D eigenvalue weighted by molar-refractivity contribution is 0.504. The second-order valence-corrected chi connectivity index (χ2v) is 7.25. The quantitative estimate of drug-likeness (QED) is 0.678. The van der Waals surface area contributed by atoms with Gasteiger partial charge in [0.25, 0.3) is 0 Å². The molecule has 3 aromatic rings. The summed E-state index contributed by atoms with van der Waals surface area (Å²) in [5.74, 6) is -1.64. The van der Waals surface area contributed by atoms with Crippen LogP contribution >= 0.6 is 0 Å². The van der Waals surface area contributed by atoms with Gasteiger partial charge in [-0.25, -0.2) is 8.78 Å². The predicted octanol–water partition coefficient (Wildman–Crippen LogP) is 4.72. The fourth-order valence-corrected chi connectivity index (χ4v) is 3.45. The van der Waals surface area contributed by atoms with Crippen LogP contribution in [0.5, 0.6) is 0 Å². The van der Waals surface area contributed by atoms with E-state index >= 15 is 0 Å². The zero-order chi connectivity index (χ0) is 19.6. The van der Waals surface area contributed by atoms with Crippen molar-refractivity contribution in [2.75, 3.05) is 6.54 Å². The lowest BCUT2D eigenvalue weighted by Crippen LogP contribution is -2.26. The summed E-state index contributed by atoms with van der Waals surface area (Å²) in [6.07, 6.45) is 3.97. The topological polar surface area (TPSA) is 48.7 Å². The molecule has 0 unspecified atom stereocenters. The van der Waals surface area contributed by atoms with E-state index in [4.69, 9.17) is 5.26 Å². The highest BCUT2D eigenvalue weighted by Crippen LogP contribution is 2.48. The smallest absolute Gasteiger partial charge is 0.159 e. The van der Waals surface area contributed by atoms with Gasteiger partial charge < -0.3 is 5.32 Å². The third-order valence-electron chi connectivity index (χ3n) is 5.31. The van der Waals surface area contributed by atoms with Crippen LogP contribution in [0.4, 0.5) is 8.78 Å². The van der Waals surface area contributed by atoms with Crippen LogP contribution in [0.15, 0.2) is 60.8 Å². The lowest BCUT2D eigenvalue weighted by Gasteiger charge is -2.17. The fourth-order valence-electron chi connectivity index (χ4n) is 3.45. The molecule has 1 aliphatic carbocycles. The molecule has 1 heterocycles. The van der Waals surface area contributed by atoms with Crippen molar-refractivity contribution < 1.29 is 8.78 Å². The minimum atomic E-state index is -0.825. The molecule has 1 fully saturated rings. The minimum absolute atomic E-state index is 0.0584. The van der Waals surface area contributed by atoms with Crippen molar-refractivity contribution >= 4 is 0 Å². The van der Waals surface area contributed by atoms with Crippen LogP contribution in [0.2, 0.25) is 0 Å². The van der Waals surface area contributed by atoms with E-state index in [1.165, 1.54) is 11.6 Å². The zero-order valence-electron chi connectivity index (χ0n) is 15.3. The number of rotatable bonds is 6. The van der Waals surface area contributed by atoms with Gasteiger partial charge in [0.05, 0.1) is 17.3 Å². The van der Waals surface area contributed by atoms with Crippen molar-refractivity contribution in [3.8, 4) is 17.3 Å². The van der Waals surface area contributed by atoms with Gasteiger partial charge in [-0.1, -0.05) is 18.2 Å². The molecule has 2 aromatic carbocycles. The summed E-state index contributed by atoms with van der Waals surface area (Å²) in [4.78, 5) is 4.47. The Morgan fingerprint density at radius 2 is 1.79 bits per heavy atom. The molecule has 0 bridgehead atoms. The summed E-state index contributed by atoms with van der Waals surface area (Å²) in [6, 6.07) is 17.7. The monoisotopic (exact) mass is 375 g/mol. The molecule has 4 rings (SSSR count). The number of pyridine rings is 1. The third-order valence-corrected chi connectivity index (χ3v) is 5.31. The first-order valence-electron chi connectivity index (χ1n) is 9.21. The average molecular weight is 375 g/mol. The molecule has 0 saturated heterocycles. The number of halogens is 2. The average Bonchev–Trinajstić information content (AvgIpc) is 3.52. The summed E-state index contributed by atoms with van der Waals surface area (Å²) in [7, 11) is 0. The van der Waals surface area contributed by atoms with Crippen molar-refractivity contribution in [1.29, 1.82) is 5.26 Å². The van der Waals surface area contributed by atoms with Crippen molar-refractivity contribution in [2.45, 2.75) is 24.8 Å². The molecular weight excluding hydrogens is 356 g/mol. The summed E-state index contributed by atoms with van der Waals surface area (Å²) >= 11 is 0. The van der Waals surface area contributed by atoms with Crippen molar-refractivity contribution in [3.63, 3.8) is 0 Å². The second-order valence-electron chi connectivity index (χ2n) is 7.25. The Bertz CT molecular complexity index is 1030. The van der Waals surface area contributed by atoms with Crippen LogP contribution in [0.25, 0.3) is 11.3 Å². The molecule has 0 amide bonds. The molecule has 3 nitrogen and oxygen atoms in total. The molecule has 5 heteroatoms. The summed E-state index contributed by atoms with van der Waals surface area (Å²) in [5.41, 5.74) is 4.49. The van der Waals surface area contributed by atoms with Gasteiger partial charge in [0.1, 0.15) is 0 Å². The highest BCUT2D eigenvalue weighted by molar-refractivity contribution is 5.61. The molecule has 1 aliphatic rings. The van der Waals surface area contributed by atoms with E-state index < -0.39 is 11.6 Å². The molecule has 0 spiro atoms. The van der Waals surface area contributed by atoms with Crippen LogP contribution in [-0.4, -0.2) is 11.5 Å². The first-order chi connectivity index (χ1) is 13.6. The van der Waals surface area contributed by atoms with Gasteiger partial charge in [0.15, 0.2) is 11.6 Å². The SMILES string of the molecule is N#Cc1ccc(-c2cc(C3(CNCc4ccc(F)c(F)c4)CC3)ccn2)cc1. The van der Waals surface area contributed by atoms with Crippen molar-refractivity contribution in [2.24, 2.45) is 0 Å². The van der Waals surface area contributed by atoms with E-state index in [1.807, 2.05) is 24.4 Å². The van der Waals surface area contributed by atoms with Crippen molar-refractivity contribution in [1.82, 2.24) is 10.3 Å². The molecule has 0 atom stereocenters. The molecule has 140 valence electrons. The standard InChI is InChI=1S/C23H19F2N3/c24-20-6-3-17(11-21(20)25)14-27-15-23(8-9-23)19-7-10-28-22(12-19)18-4-1-16(13-26)2-5-18/h1-7,10-12,27H,8-9,14-15H2.